The number of hydrogen-bond acceptors (Lipinski definition) is 4. The van der Waals surface area contributed by atoms with Gasteiger partial charge in [0.1, 0.15) is 0 Å². The van der Waals surface area contributed by atoms with Crippen molar-refractivity contribution in [1.82, 2.24) is 20.0 Å². The van der Waals surface area contributed by atoms with Crippen LogP contribution in [0.3, 0.4) is 0 Å². The average Bonchev–Trinajstić information content (AvgIpc) is 3.19. The molecule has 1 N–H and O–H groups in total. The summed E-state index contributed by atoms with van der Waals surface area (Å²) in [6.45, 7) is 3.01. The molecule has 0 spiro atoms. The zero-order chi connectivity index (χ0) is 19.9. The molecular formula is C19H19F3N4O2. The molecule has 4 rings (SSSR count). The Balaban J connectivity index is 1.55. The number of halogens is 3. The number of aromatic nitrogens is 3. The van der Waals surface area contributed by atoms with Gasteiger partial charge in [-0.05, 0) is 31.4 Å². The van der Waals surface area contributed by atoms with E-state index in [0.717, 1.165) is 35.7 Å². The molecule has 28 heavy (non-hydrogen) atoms. The molecule has 1 aliphatic carbocycles. The van der Waals surface area contributed by atoms with Gasteiger partial charge in [-0.1, -0.05) is 23.7 Å². The molecule has 0 saturated heterocycles. The molecule has 2 aromatic heterocycles. The van der Waals surface area contributed by atoms with E-state index in [-0.39, 0.29) is 17.6 Å². The van der Waals surface area contributed by atoms with Gasteiger partial charge in [-0.25, -0.2) is 0 Å². The summed E-state index contributed by atoms with van der Waals surface area (Å²) < 4.78 is 44.4. The molecule has 0 aliphatic heterocycles. The fourth-order valence-electron chi connectivity index (χ4n) is 3.37. The Hall–Kier alpha value is -2.84. The Kier molecular flexibility index (Phi) is 4.60. The predicted molar refractivity (Wildman–Crippen MR) is 95.3 cm³/mol. The fraction of sp³-hybridized carbons (Fsp3) is 0.421. The van der Waals surface area contributed by atoms with E-state index < -0.39 is 12.1 Å². The second-order valence-corrected chi connectivity index (χ2v) is 7.08. The van der Waals surface area contributed by atoms with Crippen molar-refractivity contribution < 1.29 is 22.5 Å². The van der Waals surface area contributed by atoms with Crippen LogP contribution in [0.4, 0.5) is 13.2 Å². The van der Waals surface area contributed by atoms with Gasteiger partial charge >= 0.3 is 12.1 Å². The van der Waals surface area contributed by atoms with Crippen LogP contribution in [0, 0.1) is 12.8 Å². The number of amides is 1. The molecule has 1 fully saturated rings. The molecule has 9 heteroatoms. The first-order valence-corrected chi connectivity index (χ1v) is 9.11. The van der Waals surface area contributed by atoms with Crippen molar-refractivity contribution in [2.75, 3.05) is 6.54 Å². The monoisotopic (exact) mass is 392 g/mol. The molecule has 1 aromatic carbocycles. The number of aryl methyl sites for hydroxylation is 1. The van der Waals surface area contributed by atoms with E-state index in [9.17, 15) is 18.0 Å². The second-order valence-electron chi connectivity index (χ2n) is 7.08. The first kappa shape index (κ1) is 18.5. The largest absolute Gasteiger partial charge is 0.471 e. The van der Waals surface area contributed by atoms with Gasteiger partial charge < -0.3 is 14.4 Å². The van der Waals surface area contributed by atoms with Crippen LogP contribution < -0.4 is 5.32 Å². The van der Waals surface area contributed by atoms with Gasteiger partial charge in [-0.3, -0.25) is 4.79 Å². The summed E-state index contributed by atoms with van der Waals surface area (Å²) in [7, 11) is 0. The zero-order valence-electron chi connectivity index (χ0n) is 15.2. The lowest BCUT2D eigenvalue weighted by molar-refractivity contribution is -0.159. The molecule has 1 saturated carbocycles. The number of fused-ring (bicyclic) bond motifs is 1. The highest BCUT2D eigenvalue weighted by atomic mass is 19.4. The van der Waals surface area contributed by atoms with Crippen LogP contribution in [-0.4, -0.2) is 27.2 Å². The minimum atomic E-state index is -4.68. The van der Waals surface area contributed by atoms with Crippen LogP contribution in [0.25, 0.3) is 22.3 Å². The Labute approximate surface area is 158 Å². The highest BCUT2D eigenvalue weighted by Crippen LogP contribution is 2.31. The Bertz CT molecular complexity index is 1020. The van der Waals surface area contributed by atoms with Crippen LogP contribution >= 0.6 is 0 Å². The third kappa shape index (κ3) is 3.48. The molecular weight excluding hydrogens is 373 g/mol. The summed E-state index contributed by atoms with van der Waals surface area (Å²) >= 11 is 0. The molecule has 0 unspecified atom stereocenters. The van der Waals surface area contributed by atoms with Crippen LogP contribution in [0.5, 0.6) is 0 Å². The number of carbonyl (C=O) groups excluding carboxylic acids is 1. The van der Waals surface area contributed by atoms with Crippen molar-refractivity contribution in [2.24, 2.45) is 5.92 Å². The first-order chi connectivity index (χ1) is 13.3. The maximum absolute atomic E-state index is 12.7. The highest BCUT2D eigenvalue weighted by Gasteiger charge is 2.38. The van der Waals surface area contributed by atoms with Crippen LogP contribution in [-0.2, 0) is 17.5 Å². The van der Waals surface area contributed by atoms with Gasteiger partial charge in [0.15, 0.2) is 0 Å². The molecule has 0 bridgehead atoms. The smallest absolute Gasteiger partial charge is 0.354 e. The zero-order valence-corrected chi connectivity index (χ0v) is 15.2. The molecule has 0 atom stereocenters. The number of rotatable bonds is 5. The summed E-state index contributed by atoms with van der Waals surface area (Å²) in [5.41, 5.74) is 2.31. The lowest BCUT2D eigenvalue weighted by Crippen LogP contribution is -2.36. The maximum atomic E-state index is 12.7. The van der Waals surface area contributed by atoms with Crippen LogP contribution in [0.1, 0.15) is 30.7 Å². The lowest BCUT2D eigenvalue weighted by atomic mass is 9.85. The fourth-order valence-corrected chi connectivity index (χ4v) is 3.37. The minimum Gasteiger partial charge on any atom is -0.354 e. The SMILES string of the molecule is Cc1cn(CCNC(=O)C2CCC2)c2cc(-c3noc(C(F)(F)F)n3)ccc12. The molecule has 2 heterocycles. The van der Waals surface area contributed by atoms with E-state index in [1.165, 1.54) is 0 Å². The van der Waals surface area contributed by atoms with E-state index in [1.54, 1.807) is 12.1 Å². The van der Waals surface area contributed by atoms with Gasteiger partial charge in [-0.15, -0.1) is 0 Å². The van der Waals surface area contributed by atoms with Gasteiger partial charge in [-0.2, -0.15) is 18.2 Å². The topological polar surface area (TPSA) is 73.0 Å². The third-order valence-electron chi connectivity index (χ3n) is 5.14. The number of benzene rings is 1. The Morgan fingerprint density at radius 1 is 1.36 bits per heavy atom. The number of hydrogen-bond donors (Lipinski definition) is 1. The van der Waals surface area contributed by atoms with Crippen molar-refractivity contribution in [2.45, 2.75) is 38.9 Å². The summed E-state index contributed by atoms with van der Waals surface area (Å²) in [6.07, 6.45) is 0.289. The number of nitrogens with zero attached hydrogens (tertiary/aromatic N) is 3. The molecule has 1 amide bonds. The maximum Gasteiger partial charge on any atom is 0.471 e. The molecule has 6 nitrogen and oxygen atoms in total. The average molecular weight is 392 g/mol. The highest BCUT2D eigenvalue weighted by molar-refractivity contribution is 5.87. The van der Waals surface area contributed by atoms with Gasteiger partial charge in [0.05, 0.1) is 0 Å². The van der Waals surface area contributed by atoms with Crippen molar-refractivity contribution >= 4 is 16.8 Å². The summed E-state index contributed by atoms with van der Waals surface area (Å²) in [6, 6.07) is 5.23. The van der Waals surface area contributed by atoms with Crippen molar-refractivity contribution in [3.05, 3.63) is 35.9 Å². The van der Waals surface area contributed by atoms with Crippen molar-refractivity contribution in [3.63, 3.8) is 0 Å². The molecule has 148 valence electrons. The molecule has 0 radical (unpaired) electrons. The van der Waals surface area contributed by atoms with E-state index in [4.69, 9.17) is 0 Å². The van der Waals surface area contributed by atoms with E-state index in [2.05, 4.69) is 20.0 Å². The summed E-state index contributed by atoms with van der Waals surface area (Å²) in [5.74, 6) is -1.26. The summed E-state index contributed by atoms with van der Waals surface area (Å²) in [4.78, 5) is 15.4. The second kappa shape index (κ2) is 6.96. The molecule has 3 aromatic rings. The Morgan fingerprint density at radius 3 is 2.79 bits per heavy atom. The van der Waals surface area contributed by atoms with Crippen LogP contribution in [0.2, 0.25) is 0 Å². The van der Waals surface area contributed by atoms with Crippen molar-refractivity contribution in [1.29, 1.82) is 0 Å². The number of nitrogens with one attached hydrogen (secondary N) is 1. The standard InChI is InChI=1S/C19H19F3N4O2/c1-11-10-26(8-7-23-17(27)12-3-2-4-12)15-9-13(5-6-14(11)15)16-24-18(28-25-16)19(20,21)22/h5-6,9-10,12H,2-4,7-8H2,1H3,(H,23,27). The lowest BCUT2D eigenvalue weighted by Gasteiger charge is -2.24. The Morgan fingerprint density at radius 2 is 2.14 bits per heavy atom. The number of alkyl halides is 3. The van der Waals surface area contributed by atoms with Crippen LogP contribution in [0.15, 0.2) is 28.9 Å². The van der Waals surface area contributed by atoms with Gasteiger partial charge in [0.2, 0.25) is 11.7 Å². The quantitative estimate of drug-likeness (QED) is 0.714. The van der Waals surface area contributed by atoms with E-state index in [0.29, 0.717) is 18.7 Å². The van der Waals surface area contributed by atoms with Crippen molar-refractivity contribution in [3.8, 4) is 11.4 Å². The minimum absolute atomic E-state index is 0.0894. The van der Waals surface area contributed by atoms with E-state index >= 15 is 0 Å². The third-order valence-corrected chi connectivity index (χ3v) is 5.14. The molecule has 1 aliphatic rings. The number of carbonyl (C=O) groups is 1. The first-order valence-electron chi connectivity index (χ1n) is 9.11. The summed E-state index contributed by atoms with van der Waals surface area (Å²) in [5, 5.41) is 7.37. The normalized spacial score (nSPS) is 15.0. The predicted octanol–water partition coefficient (Wildman–Crippen LogP) is 3.93. The van der Waals surface area contributed by atoms with Gasteiger partial charge in [0.25, 0.3) is 0 Å². The van der Waals surface area contributed by atoms with E-state index in [1.807, 2.05) is 23.8 Å². The van der Waals surface area contributed by atoms with Gasteiger partial charge in [0, 0.05) is 41.7 Å².